The molecule has 0 aliphatic carbocycles. The largest absolute Gasteiger partial charge is 0.448 e. The minimum Gasteiger partial charge on any atom is -0.448 e. The van der Waals surface area contributed by atoms with E-state index in [9.17, 15) is 4.79 Å². The number of halogens is 1. The second-order valence-electron chi connectivity index (χ2n) is 5.20. The van der Waals surface area contributed by atoms with Gasteiger partial charge < -0.3 is 19.0 Å². The second-order valence-corrected chi connectivity index (χ2v) is 5.98. The number of furan rings is 1. The smallest absolute Gasteiger partial charge is 0.272 e. The van der Waals surface area contributed by atoms with Gasteiger partial charge in [-0.1, -0.05) is 0 Å². The van der Waals surface area contributed by atoms with Gasteiger partial charge in [0.25, 0.3) is 5.91 Å². The molecule has 1 N–H and O–H groups in total. The van der Waals surface area contributed by atoms with Crippen LogP contribution in [0.15, 0.2) is 27.4 Å². The fourth-order valence-electron chi connectivity index (χ4n) is 2.43. The van der Waals surface area contributed by atoms with Gasteiger partial charge in [0, 0.05) is 32.8 Å². The number of fused-ring (bicyclic) bond motifs is 1. The first kappa shape index (κ1) is 15.8. The Labute approximate surface area is 141 Å². The Balaban J connectivity index is 1.95. The summed E-state index contributed by atoms with van der Waals surface area (Å²) in [6, 6.07) is 3.58. The molecule has 0 fully saturated rings. The van der Waals surface area contributed by atoms with Crippen molar-refractivity contribution >= 4 is 38.6 Å². The fraction of sp³-hybridized carbons (Fsp3) is 0.333. The van der Waals surface area contributed by atoms with E-state index in [0.717, 1.165) is 11.2 Å². The molecule has 122 valence electrons. The summed E-state index contributed by atoms with van der Waals surface area (Å²) < 4.78 is 14.9. The summed E-state index contributed by atoms with van der Waals surface area (Å²) in [7, 11) is 3.46. The Morgan fingerprint density at radius 2 is 2.26 bits per heavy atom. The molecule has 0 saturated heterocycles. The van der Waals surface area contributed by atoms with Crippen LogP contribution < -0.4 is 5.32 Å². The number of aryl methyl sites for hydroxylation is 1. The van der Waals surface area contributed by atoms with Gasteiger partial charge in [-0.2, -0.15) is 5.10 Å². The molecule has 0 atom stereocenters. The first-order valence-electron chi connectivity index (χ1n) is 7.08. The summed E-state index contributed by atoms with van der Waals surface area (Å²) in [4.78, 5) is 12.6. The summed E-state index contributed by atoms with van der Waals surface area (Å²) in [6.45, 7) is 2.95. The maximum Gasteiger partial charge on any atom is 0.272 e. The van der Waals surface area contributed by atoms with E-state index < -0.39 is 0 Å². The highest BCUT2D eigenvalue weighted by molar-refractivity contribution is 9.10. The number of aromatic nitrogens is 3. The highest BCUT2D eigenvalue weighted by Crippen LogP contribution is 2.27. The number of methoxy groups -OCH3 is 1. The first-order valence-corrected chi connectivity index (χ1v) is 7.88. The van der Waals surface area contributed by atoms with Crippen LogP contribution in [-0.4, -0.2) is 34.0 Å². The lowest BCUT2D eigenvalue weighted by molar-refractivity contribution is 0.101. The molecule has 0 unspecified atom stereocenters. The normalized spacial score (nSPS) is 11.3. The molecule has 3 aromatic rings. The van der Waals surface area contributed by atoms with Crippen molar-refractivity contribution in [3.8, 4) is 0 Å². The number of amides is 1. The van der Waals surface area contributed by atoms with Gasteiger partial charge in [-0.05, 0) is 22.9 Å². The van der Waals surface area contributed by atoms with Crippen molar-refractivity contribution in [2.45, 2.75) is 13.5 Å². The van der Waals surface area contributed by atoms with Crippen LogP contribution in [0.5, 0.6) is 0 Å². The molecule has 23 heavy (non-hydrogen) atoms. The average molecular weight is 381 g/mol. The molecule has 1 amide bonds. The molecule has 0 saturated carbocycles. The van der Waals surface area contributed by atoms with Crippen molar-refractivity contribution in [2.75, 3.05) is 19.0 Å². The Morgan fingerprint density at radius 3 is 2.91 bits per heavy atom. The Kier molecular flexibility index (Phi) is 4.27. The molecule has 0 aromatic carbocycles. The molecule has 0 spiro atoms. The van der Waals surface area contributed by atoms with Gasteiger partial charge in [0.2, 0.25) is 0 Å². The molecule has 0 aliphatic rings. The van der Waals surface area contributed by atoms with Crippen molar-refractivity contribution < 1.29 is 13.9 Å². The topological polar surface area (TPSA) is 74.2 Å². The van der Waals surface area contributed by atoms with E-state index in [1.54, 1.807) is 24.1 Å². The molecular weight excluding hydrogens is 364 g/mol. The molecule has 7 nitrogen and oxygen atoms in total. The summed E-state index contributed by atoms with van der Waals surface area (Å²) in [5.74, 6) is -0.209. The number of carbonyl (C=O) groups excluding carboxylic acids is 1. The molecule has 3 aromatic heterocycles. The van der Waals surface area contributed by atoms with E-state index in [-0.39, 0.29) is 5.91 Å². The summed E-state index contributed by atoms with van der Waals surface area (Å²) >= 11 is 3.31. The van der Waals surface area contributed by atoms with Gasteiger partial charge >= 0.3 is 0 Å². The third-order valence-corrected chi connectivity index (χ3v) is 4.19. The average Bonchev–Trinajstić information content (AvgIpc) is 3.13. The number of ether oxygens (including phenoxy) is 1. The van der Waals surface area contributed by atoms with Gasteiger partial charge in [-0.25, -0.2) is 0 Å². The van der Waals surface area contributed by atoms with Gasteiger partial charge in [0.15, 0.2) is 10.3 Å². The lowest BCUT2D eigenvalue weighted by Gasteiger charge is -2.09. The van der Waals surface area contributed by atoms with E-state index in [0.29, 0.717) is 34.8 Å². The Morgan fingerprint density at radius 1 is 1.48 bits per heavy atom. The lowest BCUT2D eigenvalue weighted by atomic mass is 10.3. The second kappa shape index (κ2) is 6.21. The van der Waals surface area contributed by atoms with Crippen molar-refractivity contribution in [1.82, 2.24) is 14.3 Å². The van der Waals surface area contributed by atoms with E-state index in [1.165, 1.54) is 0 Å². The van der Waals surface area contributed by atoms with Gasteiger partial charge in [0.1, 0.15) is 5.69 Å². The first-order chi connectivity index (χ1) is 11.0. The highest BCUT2D eigenvalue weighted by atomic mass is 79.9. The van der Waals surface area contributed by atoms with Crippen molar-refractivity contribution in [3.05, 3.63) is 34.4 Å². The predicted octanol–water partition coefficient (Wildman–Crippen LogP) is 2.94. The maximum atomic E-state index is 12.6. The minimum atomic E-state index is -0.209. The van der Waals surface area contributed by atoms with E-state index >= 15 is 0 Å². The lowest BCUT2D eigenvalue weighted by Crippen LogP contribution is -2.18. The Hall–Kier alpha value is -2.06. The van der Waals surface area contributed by atoms with E-state index in [2.05, 4.69) is 26.3 Å². The van der Waals surface area contributed by atoms with Crippen LogP contribution in [0.2, 0.25) is 0 Å². The Bertz CT molecular complexity index is 862. The molecular formula is C15H17BrN4O3. The molecule has 3 heterocycles. The number of anilines is 1. The van der Waals surface area contributed by atoms with Crippen molar-refractivity contribution in [1.29, 1.82) is 0 Å². The molecule has 0 aliphatic heterocycles. The van der Waals surface area contributed by atoms with E-state index in [4.69, 9.17) is 9.15 Å². The predicted molar refractivity (Wildman–Crippen MR) is 89.7 cm³/mol. The van der Waals surface area contributed by atoms with Gasteiger partial charge in [-0.15, -0.1) is 0 Å². The van der Waals surface area contributed by atoms with Crippen LogP contribution in [0.25, 0.3) is 11.1 Å². The monoisotopic (exact) mass is 380 g/mol. The number of nitrogens with one attached hydrogen (secondary N) is 1. The summed E-state index contributed by atoms with van der Waals surface area (Å²) in [6.07, 6.45) is 1.64. The third-order valence-electron chi connectivity index (χ3n) is 3.79. The third kappa shape index (κ3) is 2.91. The van der Waals surface area contributed by atoms with Crippen molar-refractivity contribution in [2.24, 2.45) is 7.05 Å². The van der Waals surface area contributed by atoms with Crippen LogP contribution in [0.1, 0.15) is 16.2 Å². The van der Waals surface area contributed by atoms with Crippen LogP contribution >= 0.6 is 15.9 Å². The van der Waals surface area contributed by atoms with E-state index in [1.807, 2.05) is 24.6 Å². The van der Waals surface area contributed by atoms with Gasteiger partial charge in [-0.3, -0.25) is 9.48 Å². The zero-order valence-electron chi connectivity index (χ0n) is 13.1. The van der Waals surface area contributed by atoms with Crippen LogP contribution in [0.4, 0.5) is 5.69 Å². The zero-order chi connectivity index (χ0) is 16.6. The number of hydrogen-bond donors (Lipinski definition) is 1. The minimum absolute atomic E-state index is 0.209. The zero-order valence-corrected chi connectivity index (χ0v) is 14.7. The number of hydrogen-bond acceptors (Lipinski definition) is 4. The number of rotatable bonds is 5. The molecule has 0 radical (unpaired) electrons. The maximum absolute atomic E-state index is 12.6. The van der Waals surface area contributed by atoms with Crippen LogP contribution in [0, 0.1) is 6.92 Å². The van der Waals surface area contributed by atoms with Crippen molar-refractivity contribution in [3.63, 3.8) is 0 Å². The highest BCUT2D eigenvalue weighted by Gasteiger charge is 2.19. The molecule has 0 bridgehead atoms. The SMILES string of the molecule is COCCn1c(C(=O)Nc2cnn(C)c2C)cc2oc(Br)cc21. The van der Waals surface area contributed by atoms with Gasteiger partial charge in [0.05, 0.1) is 29.7 Å². The van der Waals surface area contributed by atoms with Crippen LogP contribution in [0.3, 0.4) is 0 Å². The fourth-order valence-corrected chi connectivity index (χ4v) is 2.82. The quantitative estimate of drug-likeness (QED) is 0.738. The summed E-state index contributed by atoms with van der Waals surface area (Å²) in [5, 5.41) is 7.02. The molecule has 3 rings (SSSR count). The number of nitrogens with zero attached hydrogens (tertiary/aromatic N) is 3. The standard InChI is InChI=1S/C15H17BrN4O3/c1-9-10(8-17-19(9)2)18-15(21)12-6-13-11(7-14(16)23-13)20(12)4-5-22-3/h6-8H,4-5H2,1-3H3,(H,18,21). The molecule has 8 heteroatoms. The summed E-state index contributed by atoms with van der Waals surface area (Å²) in [5.41, 5.74) is 3.60. The number of carbonyl (C=O) groups is 1. The van der Waals surface area contributed by atoms with Crippen LogP contribution in [-0.2, 0) is 18.3 Å².